The van der Waals surface area contributed by atoms with E-state index in [1.54, 1.807) is 6.20 Å². The molecule has 4 aromatic rings. The third kappa shape index (κ3) is 5.16. The predicted octanol–water partition coefficient (Wildman–Crippen LogP) is 7.40. The van der Waals surface area contributed by atoms with Crippen LogP contribution in [0.1, 0.15) is 19.4 Å². The second kappa shape index (κ2) is 9.78. The van der Waals surface area contributed by atoms with Crippen LogP contribution in [0.25, 0.3) is 22.0 Å². The lowest BCUT2D eigenvalue weighted by Gasteiger charge is -2.17. The largest absolute Gasteiger partial charge is 0.507 e. The first-order valence-electron chi connectivity index (χ1n) is 10.5. The first-order chi connectivity index (χ1) is 15.4. The van der Waals surface area contributed by atoms with Gasteiger partial charge < -0.3 is 15.7 Å². The maximum absolute atomic E-state index is 11.0. The summed E-state index contributed by atoms with van der Waals surface area (Å²) < 4.78 is 0. The van der Waals surface area contributed by atoms with E-state index in [4.69, 9.17) is 23.2 Å². The summed E-state index contributed by atoms with van der Waals surface area (Å²) in [5.74, 6) is 0.782. The van der Waals surface area contributed by atoms with Gasteiger partial charge in [-0.1, -0.05) is 49.2 Å². The quantitative estimate of drug-likeness (QED) is 0.248. The zero-order chi connectivity index (χ0) is 22.7. The number of nitrogens with zero attached hydrogens (tertiary/aromatic N) is 1. The minimum atomic E-state index is 0.264. The molecule has 0 saturated carbocycles. The molecule has 0 amide bonds. The van der Waals surface area contributed by atoms with Gasteiger partial charge in [0.05, 0.1) is 5.52 Å². The molecular weight excluding hydrogens is 441 g/mol. The topological polar surface area (TPSA) is 57.2 Å². The van der Waals surface area contributed by atoms with Crippen molar-refractivity contribution in [2.75, 3.05) is 11.9 Å². The third-order valence-electron chi connectivity index (χ3n) is 5.20. The first kappa shape index (κ1) is 22.4. The molecule has 3 N–H and O–H groups in total. The molecule has 0 unspecified atom stereocenters. The number of halogens is 2. The fraction of sp³-hybridized carbons (Fsp3) is 0.192. The van der Waals surface area contributed by atoms with Gasteiger partial charge in [-0.05, 0) is 66.6 Å². The molecule has 164 valence electrons. The van der Waals surface area contributed by atoms with E-state index in [2.05, 4.69) is 29.5 Å². The monoisotopic (exact) mass is 465 g/mol. The van der Waals surface area contributed by atoms with Crippen molar-refractivity contribution < 1.29 is 5.11 Å². The zero-order valence-electron chi connectivity index (χ0n) is 18.0. The van der Waals surface area contributed by atoms with E-state index in [1.165, 1.54) is 0 Å². The Labute approximate surface area is 198 Å². The molecule has 0 aliphatic heterocycles. The average Bonchev–Trinajstić information content (AvgIpc) is 2.76. The smallest absolute Gasteiger partial charge is 0.128 e. The number of aromatic hydroxyl groups is 1. The zero-order valence-corrected chi connectivity index (χ0v) is 19.5. The molecule has 1 aromatic heterocycles. The van der Waals surface area contributed by atoms with Gasteiger partial charge in [-0.2, -0.15) is 0 Å². The number of rotatable bonds is 7. The van der Waals surface area contributed by atoms with Gasteiger partial charge in [0.1, 0.15) is 5.75 Å². The van der Waals surface area contributed by atoms with Gasteiger partial charge in [-0.25, -0.2) is 0 Å². The number of phenolic OH excluding ortho intramolecular Hbond substituents is 1. The summed E-state index contributed by atoms with van der Waals surface area (Å²) in [6.07, 6.45) is 1.76. The predicted molar refractivity (Wildman–Crippen MR) is 135 cm³/mol. The van der Waals surface area contributed by atoms with Gasteiger partial charge in [0.25, 0.3) is 0 Å². The van der Waals surface area contributed by atoms with Crippen molar-refractivity contribution in [2.45, 2.75) is 20.4 Å². The number of hydrogen-bond donors (Lipinski definition) is 3. The number of benzene rings is 3. The molecule has 0 saturated heterocycles. The third-order valence-corrected chi connectivity index (χ3v) is 5.68. The number of nitrogens with one attached hydrogen (secondary N) is 2. The Hall–Kier alpha value is -2.79. The second-order valence-corrected chi connectivity index (χ2v) is 9.08. The van der Waals surface area contributed by atoms with E-state index in [9.17, 15) is 5.11 Å². The van der Waals surface area contributed by atoms with Crippen molar-refractivity contribution in [1.82, 2.24) is 10.3 Å². The van der Waals surface area contributed by atoms with Crippen LogP contribution in [-0.2, 0) is 6.54 Å². The Morgan fingerprint density at radius 1 is 0.938 bits per heavy atom. The first-order valence-corrected chi connectivity index (χ1v) is 11.3. The molecule has 3 aromatic carbocycles. The number of aromatic nitrogens is 1. The van der Waals surface area contributed by atoms with E-state index >= 15 is 0 Å². The van der Waals surface area contributed by atoms with Crippen LogP contribution in [0.15, 0.2) is 66.9 Å². The molecule has 0 aliphatic rings. The molecule has 6 heteroatoms. The van der Waals surface area contributed by atoms with Crippen LogP contribution in [0.2, 0.25) is 10.0 Å². The fourth-order valence-electron chi connectivity index (χ4n) is 3.63. The SMILES string of the molecule is CC(C)CNCc1cc(Nc2ccnc3cc(Cl)ccc23)cc(-c2ccc(Cl)cc2)c1O. The Morgan fingerprint density at radius 2 is 1.69 bits per heavy atom. The van der Waals surface area contributed by atoms with Crippen molar-refractivity contribution in [3.8, 4) is 16.9 Å². The summed E-state index contributed by atoms with van der Waals surface area (Å²) in [5.41, 5.74) is 5.07. The molecule has 4 rings (SSSR count). The van der Waals surface area contributed by atoms with E-state index in [-0.39, 0.29) is 5.75 Å². The molecule has 4 nitrogen and oxygen atoms in total. The van der Waals surface area contributed by atoms with E-state index < -0.39 is 0 Å². The molecule has 0 radical (unpaired) electrons. The Morgan fingerprint density at radius 3 is 2.44 bits per heavy atom. The standard InChI is InChI=1S/C26H25Cl2N3O/c1-16(2)14-29-15-18-11-21(13-23(26(18)32)17-3-5-19(27)6-4-17)31-24-9-10-30-25-12-20(28)7-8-22(24)25/h3-13,16,29,32H,14-15H2,1-2H3,(H,30,31). The number of anilines is 2. The van der Waals surface area contributed by atoms with Crippen LogP contribution >= 0.6 is 23.2 Å². The molecule has 0 aliphatic carbocycles. The fourth-order valence-corrected chi connectivity index (χ4v) is 3.92. The Kier molecular flexibility index (Phi) is 6.85. The Bertz CT molecular complexity index is 1240. The van der Waals surface area contributed by atoms with E-state index in [0.29, 0.717) is 22.5 Å². The van der Waals surface area contributed by atoms with Crippen LogP contribution in [-0.4, -0.2) is 16.6 Å². The normalized spacial score (nSPS) is 11.3. The summed E-state index contributed by atoms with van der Waals surface area (Å²) in [5, 5.41) is 20.2. The van der Waals surface area contributed by atoms with Crippen molar-refractivity contribution >= 4 is 45.5 Å². The highest BCUT2D eigenvalue weighted by molar-refractivity contribution is 6.31. The summed E-state index contributed by atoms with van der Waals surface area (Å²) >= 11 is 12.2. The molecule has 0 atom stereocenters. The Balaban J connectivity index is 1.75. The maximum atomic E-state index is 11.0. The van der Waals surface area contributed by atoms with E-state index in [0.717, 1.165) is 45.5 Å². The molecular formula is C26H25Cl2N3O. The number of hydrogen-bond acceptors (Lipinski definition) is 4. The van der Waals surface area contributed by atoms with Crippen molar-refractivity contribution in [2.24, 2.45) is 5.92 Å². The highest BCUT2D eigenvalue weighted by atomic mass is 35.5. The number of fused-ring (bicyclic) bond motifs is 1. The number of phenols is 1. The minimum Gasteiger partial charge on any atom is -0.507 e. The number of pyridine rings is 1. The molecule has 0 fully saturated rings. The van der Waals surface area contributed by atoms with Gasteiger partial charge in [-0.15, -0.1) is 0 Å². The van der Waals surface area contributed by atoms with Gasteiger partial charge in [0.15, 0.2) is 0 Å². The lowest BCUT2D eigenvalue weighted by Crippen LogP contribution is -2.19. The van der Waals surface area contributed by atoms with Crippen LogP contribution < -0.4 is 10.6 Å². The lowest BCUT2D eigenvalue weighted by atomic mass is 9.99. The van der Waals surface area contributed by atoms with Crippen LogP contribution in [0.5, 0.6) is 5.75 Å². The minimum absolute atomic E-state index is 0.264. The second-order valence-electron chi connectivity index (χ2n) is 8.21. The van der Waals surface area contributed by atoms with Gasteiger partial charge in [0, 0.05) is 50.7 Å². The van der Waals surface area contributed by atoms with Gasteiger partial charge in [0.2, 0.25) is 0 Å². The maximum Gasteiger partial charge on any atom is 0.128 e. The highest BCUT2D eigenvalue weighted by Crippen LogP contribution is 2.37. The van der Waals surface area contributed by atoms with Crippen molar-refractivity contribution in [3.05, 3.63) is 82.5 Å². The molecule has 1 heterocycles. The summed E-state index contributed by atoms with van der Waals surface area (Å²) in [6.45, 7) is 5.74. The van der Waals surface area contributed by atoms with Crippen molar-refractivity contribution in [1.29, 1.82) is 0 Å². The van der Waals surface area contributed by atoms with Crippen LogP contribution in [0.3, 0.4) is 0 Å². The van der Waals surface area contributed by atoms with Gasteiger partial charge >= 0.3 is 0 Å². The molecule has 32 heavy (non-hydrogen) atoms. The van der Waals surface area contributed by atoms with Crippen LogP contribution in [0, 0.1) is 5.92 Å². The van der Waals surface area contributed by atoms with Gasteiger partial charge in [-0.3, -0.25) is 4.98 Å². The summed E-state index contributed by atoms with van der Waals surface area (Å²) in [4.78, 5) is 4.42. The molecule has 0 spiro atoms. The average molecular weight is 466 g/mol. The summed E-state index contributed by atoms with van der Waals surface area (Å²) in [7, 11) is 0. The van der Waals surface area contributed by atoms with Crippen LogP contribution in [0.4, 0.5) is 11.4 Å². The van der Waals surface area contributed by atoms with E-state index in [1.807, 2.05) is 60.7 Å². The lowest BCUT2D eigenvalue weighted by molar-refractivity contribution is 0.463. The van der Waals surface area contributed by atoms with Crippen molar-refractivity contribution in [3.63, 3.8) is 0 Å². The summed E-state index contributed by atoms with van der Waals surface area (Å²) in [6, 6.07) is 19.0. The molecule has 0 bridgehead atoms. The highest BCUT2D eigenvalue weighted by Gasteiger charge is 2.13.